The van der Waals surface area contributed by atoms with E-state index in [9.17, 15) is 9.18 Å². The van der Waals surface area contributed by atoms with Gasteiger partial charge in [-0.3, -0.25) is 4.79 Å². The van der Waals surface area contributed by atoms with E-state index in [4.69, 9.17) is 0 Å². The Morgan fingerprint density at radius 3 is 2.95 bits per heavy atom. The molecule has 1 aromatic heterocycles. The van der Waals surface area contributed by atoms with Crippen LogP contribution in [0.25, 0.3) is 0 Å². The second-order valence-corrected chi connectivity index (χ2v) is 5.15. The van der Waals surface area contributed by atoms with Gasteiger partial charge in [-0.25, -0.2) is 9.37 Å². The van der Waals surface area contributed by atoms with Gasteiger partial charge in [-0.2, -0.15) is 0 Å². The van der Waals surface area contributed by atoms with Gasteiger partial charge < -0.3 is 15.2 Å². The van der Waals surface area contributed by atoms with Gasteiger partial charge in [0.15, 0.2) is 0 Å². The molecule has 0 radical (unpaired) electrons. The van der Waals surface area contributed by atoms with Gasteiger partial charge in [0.05, 0.1) is 12.2 Å². The summed E-state index contributed by atoms with van der Waals surface area (Å²) in [6.07, 6.45) is 5.83. The summed E-state index contributed by atoms with van der Waals surface area (Å²) < 4.78 is 15.3. The van der Waals surface area contributed by atoms with Crippen LogP contribution >= 0.6 is 0 Å². The zero-order chi connectivity index (χ0) is 14.7. The molecule has 5 nitrogen and oxygen atoms in total. The van der Waals surface area contributed by atoms with Gasteiger partial charge >= 0.3 is 0 Å². The summed E-state index contributed by atoms with van der Waals surface area (Å²) in [5.74, 6) is 0.100. The first-order chi connectivity index (χ1) is 10.2. The van der Waals surface area contributed by atoms with E-state index in [1.54, 1.807) is 29.1 Å². The number of nitrogens with one attached hydrogen (secondary N) is 2. The van der Waals surface area contributed by atoms with Crippen molar-refractivity contribution in [2.45, 2.75) is 32.0 Å². The standard InChI is InChI=1S/C15H17FN4O/c16-12-3-1-2-4-13(12)19-15(21)10-20-8-7-17-14(20)9-18-11-5-6-11/h1-4,7-8,11,18H,5-6,9-10H2,(H,19,21). The third-order valence-corrected chi connectivity index (χ3v) is 3.39. The summed E-state index contributed by atoms with van der Waals surface area (Å²) in [6.45, 7) is 0.765. The lowest BCUT2D eigenvalue weighted by Crippen LogP contribution is -2.23. The molecule has 21 heavy (non-hydrogen) atoms. The Kier molecular flexibility index (Phi) is 3.96. The molecule has 0 spiro atoms. The van der Waals surface area contributed by atoms with Gasteiger partial charge in [0.1, 0.15) is 18.2 Å². The highest BCUT2D eigenvalue weighted by molar-refractivity contribution is 5.90. The predicted molar refractivity (Wildman–Crippen MR) is 77.1 cm³/mol. The van der Waals surface area contributed by atoms with Crippen LogP contribution in [0.15, 0.2) is 36.7 Å². The average Bonchev–Trinajstić information content (AvgIpc) is 3.20. The Morgan fingerprint density at radius 1 is 1.38 bits per heavy atom. The SMILES string of the molecule is O=C(Cn1ccnc1CNC1CC1)Nc1ccccc1F. The summed E-state index contributed by atoms with van der Waals surface area (Å²) in [6, 6.07) is 6.71. The van der Waals surface area contributed by atoms with Crippen molar-refractivity contribution < 1.29 is 9.18 Å². The van der Waals surface area contributed by atoms with E-state index in [1.165, 1.54) is 25.0 Å². The number of imidazole rings is 1. The van der Waals surface area contributed by atoms with Crippen molar-refractivity contribution in [2.24, 2.45) is 0 Å². The van der Waals surface area contributed by atoms with Crippen LogP contribution < -0.4 is 10.6 Å². The summed E-state index contributed by atoms with van der Waals surface area (Å²) in [4.78, 5) is 16.2. The van der Waals surface area contributed by atoms with E-state index in [-0.39, 0.29) is 18.1 Å². The van der Waals surface area contributed by atoms with Crippen LogP contribution in [0.3, 0.4) is 0 Å². The lowest BCUT2D eigenvalue weighted by atomic mass is 10.3. The zero-order valence-electron chi connectivity index (χ0n) is 11.6. The molecule has 110 valence electrons. The number of rotatable bonds is 6. The second kappa shape index (κ2) is 6.05. The number of hydrogen-bond acceptors (Lipinski definition) is 3. The summed E-state index contributed by atoms with van der Waals surface area (Å²) in [7, 11) is 0. The van der Waals surface area contributed by atoms with Gasteiger partial charge in [-0.15, -0.1) is 0 Å². The fourth-order valence-corrected chi connectivity index (χ4v) is 2.08. The van der Waals surface area contributed by atoms with Crippen LogP contribution in [-0.4, -0.2) is 21.5 Å². The Bertz CT molecular complexity index is 636. The maximum absolute atomic E-state index is 13.5. The van der Waals surface area contributed by atoms with Crippen molar-refractivity contribution in [3.8, 4) is 0 Å². The largest absolute Gasteiger partial charge is 0.324 e. The van der Waals surface area contributed by atoms with Crippen molar-refractivity contribution >= 4 is 11.6 Å². The molecule has 0 atom stereocenters. The number of aromatic nitrogens is 2. The molecule has 6 heteroatoms. The maximum Gasteiger partial charge on any atom is 0.244 e. The van der Waals surface area contributed by atoms with Crippen molar-refractivity contribution in [3.63, 3.8) is 0 Å². The number of carbonyl (C=O) groups is 1. The molecule has 2 N–H and O–H groups in total. The molecule has 1 fully saturated rings. The summed E-state index contributed by atoms with van der Waals surface area (Å²) in [5.41, 5.74) is 0.195. The number of amides is 1. The smallest absolute Gasteiger partial charge is 0.244 e. The molecular formula is C15H17FN4O. The number of nitrogens with zero attached hydrogens (tertiary/aromatic N) is 2. The lowest BCUT2D eigenvalue weighted by Gasteiger charge is -2.09. The molecule has 1 saturated carbocycles. The summed E-state index contributed by atoms with van der Waals surface area (Å²) >= 11 is 0. The van der Waals surface area contributed by atoms with E-state index >= 15 is 0 Å². The number of carbonyl (C=O) groups excluding carboxylic acids is 1. The van der Waals surface area contributed by atoms with Crippen molar-refractivity contribution in [1.29, 1.82) is 0 Å². The van der Waals surface area contributed by atoms with Crippen LogP contribution in [-0.2, 0) is 17.9 Å². The van der Waals surface area contributed by atoms with Gasteiger partial charge in [0, 0.05) is 18.4 Å². The fourth-order valence-electron chi connectivity index (χ4n) is 2.08. The highest BCUT2D eigenvalue weighted by Gasteiger charge is 2.21. The topological polar surface area (TPSA) is 59.0 Å². The molecule has 0 bridgehead atoms. The van der Waals surface area contributed by atoms with Gasteiger partial charge in [-0.05, 0) is 25.0 Å². The number of hydrogen-bond donors (Lipinski definition) is 2. The van der Waals surface area contributed by atoms with E-state index in [2.05, 4.69) is 15.6 Å². The van der Waals surface area contributed by atoms with Crippen LogP contribution in [0.4, 0.5) is 10.1 Å². The third kappa shape index (κ3) is 3.66. The van der Waals surface area contributed by atoms with E-state index in [0.29, 0.717) is 12.6 Å². The molecule has 0 saturated heterocycles. The second-order valence-electron chi connectivity index (χ2n) is 5.15. The monoisotopic (exact) mass is 288 g/mol. The fraction of sp³-hybridized carbons (Fsp3) is 0.333. The molecule has 0 unspecified atom stereocenters. The third-order valence-electron chi connectivity index (χ3n) is 3.39. The van der Waals surface area contributed by atoms with Gasteiger partial charge in [-0.1, -0.05) is 12.1 Å². The number of para-hydroxylation sites is 1. The normalized spacial score (nSPS) is 14.1. The van der Waals surface area contributed by atoms with Crippen LogP contribution in [0.1, 0.15) is 18.7 Å². The molecule has 0 aliphatic heterocycles. The van der Waals surface area contributed by atoms with Gasteiger partial charge in [0.2, 0.25) is 5.91 Å². The summed E-state index contributed by atoms with van der Waals surface area (Å²) in [5, 5.41) is 5.93. The van der Waals surface area contributed by atoms with E-state index < -0.39 is 5.82 Å². The molecule has 3 rings (SSSR count). The maximum atomic E-state index is 13.5. The Morgan fingerprint density at radius 2 is 2.19 bits per heavy atom. The first-order valence-electron chi connectivity index (χ1n) is 7.00. The minimum Gasteiger partial charge on any atom is -0.324 e. The number of anilines is 1. The first-order valence-corrected chi connectivity index (χ1v) is 7.00. The average molecular weight is 288 g/mol. The van der Waals surface area contributed by atoms with Gasteiger partial charge in [0.25, 0.3) is 0 Å². The Hall–Kier alpha value is -2.21. The van der Waals surface area contributed by atoms with Crippen LogP contribution in [0.2, 0.25) is 0 Å². The minimum atomic E-state index is -0.438. The quantitative estimate of drug-likeness (QED) is 0.853. The van der Waals surface area contributed by atoms with E-state index in [1.807, 2.05) is 0 Å². The lowest BCUT2D eigenvalue weighted by molar-refractivity contribution is -0.116. The minimum absolute atomic E-state index is 0.121. The van der Waals surface area contributed by atoms with Crippen LogP contribution in [0, 0.1) is 5.82 Å². The van der Waals surface area contributed by atoms with Crippen molar-refractivity contribution in [2.75, 3.05) is 5.32 Å². The van der Waals surface area contributed by atoms with Crippen molar-refractivity contribution in [3.05, 3.63) is 48.3 Å². The highest BCUT2D eigenvalue weighted by atomic mass is 19.1. The predicted octanol–water partition coefficient (Wildman–Crippen LogP) is 1.91. The Labute approximate surface area is 122 Å². The molecule has 1 aliphatic carbocycles. The number of halogens is 1. The van der Waals surface area contributed by atoms with Crippen molar-refractivity contribution in [1.82, 2.24) is 14.9 Å². The zero-order valence-corrected chi connectivity index (χ0v) is 11.6. The molecule has 1 aliphatic rings. The molecule has 1 heterocycles. The molecule has 1 amide bonds. The highest BCUT2D eigenvalue weighted by Crippen LogP contribution is 2.19. The number of benzene rings is 1. The first kappa shape index (κ1) is 13.8. The molecule has 2 aromatic rings. The van der Waals surface area contributed by atoms with Crippen LogP contribution in [0.5, 0.6) is 0 Å². The molecular weight excluding hydrogens is 271 g/mol. The molecule has 1 aromatic carbocycles. The Balaban J connectivity index is 1.59. The van der Waals surface area contributed by atoms with E-state index in [0.717, 1.165) is 5.82 Å².